The summed E-state index contributed by atoms with van der Waals surface area (Å²) in [6.45, 7) is 8.78. The Labute approximate surface area is 547 Å². The molecule has 6 atom stereocenters. The average molecular weight is 1330 g/mol. The van der Waals surface area contributed by atoms with Gasteiger partial charge in [0.2, 0.25) is 17.8 Å². The van der Waals surface area contributed by atoms with Gasteiger partial charge in [0.1, 0.15) is 12.2 Å². The highest BCUT2D eigenvalue weighted by molar-refractivity contribution is 6.02. The van der Waals surface area contributed by atoms with Crippen molar-refractivity contribution in [2.24, 2.45) is 0 Å². The fraction of sp³-hybridized carbons (Fsp3) is 0.633. The molecule has 8 saturated heterocycles. The third-order valence-corrected chi connectivity index (χ3v) is 17.9. The minimum atomic E-state index is -1.48. The van der Waals surface area contributed by atoms with Crippen molar-refractivity contribution in [2.45, 2.75) is 190 Å². The van der Waals surface area contributed by atoms with E-state index in [4.69, 9.17) is 29.3 Å². The van der Waals surface area contributed by atoms with Gasteiger partial charge >= 0.3 is 30.3 Å². The molecule has 11 fully saturated rings. The van der Waals surface area contributed by atoms with E-state index in [9.17, 15) is 47.9 Å². The lowest BCUT2D eigenvalue weighted by Crippen LogP contribution is -2.50. The first-order chi connectivity index (χ1) is 45.0. The van der Waals surface area contributed by atoms with Gasteiger partial charge in [-0.2, -0.15) is 4.79 Å². The van der Waals surface area contributed by atoms with E-state index in [1.54, 1.807) is 31.7 Å². The Morgan fingerprint density at radius 2 is 0.883 bits per heavy atom. The largest absolute Gasteiger partial charge is 0.560 e. The first-order valence-electron chi connectivity index (χ1n) is 32.0. The zero-order valence-corrected chi connectivity index (χ0v) is 53.2. The number of aromatic nitrogens is 6. The molecular formula is C60H80ClN15O18. The normalized spacial score (nSPS) is 24.0. The number of ether oxygens (including phenoxy) is 4. The number of halogens is 1. The van der Waals surface area contributed by atoms with Crippen molar-refractivity contribution in [2.75, 3.05) is 67.2 Å². The van der Waals surface area contributed by atoms with Crippen LogP contribution in [0.2, 0.25) is 0 Å². The van der Waals surface area contributed by atoms with Crippen LogP contribution in [0.1, 0.15) is 167 Å². The van der Waals surface area contributed by atoms with E-state index in [1.165, 1.54) is 37.6 Å². The lowest BCUT2D eigenvalue weighted by atomic mass is 10.2. The SMILES string of the molecule is CCOC(=O)c1cnc(N2C[C@@H]3C[C@H]2CN3)nc1.CCOC(=O)c1cnc(N2C[C@@H]3C[C@H]2CN3C(=O)OC2CCCC2)nc1.Cl.O=C(NO)c1cnc(N2C[C@@H]3C[C@H]2CN3C(=O)OC2CCCC2)nc1.O=C(ON1C(=O)CCC1=O)ON1C(=O)CCC1=O.OC1CCCC1. The minimum Gasteiger partial charge on any atom is -0.462 e. The number of hydroxylamine groups is 5. The second kappa shape index (κ2) is 32.4. The van der Waals surface area contributed by atoms with E-state index in [1.807, 2.05) is 9.80 Å². The Kier molecular flexibility index (Phi) is 24.0. The second-order valence-electron chi connectivity index (χ2n) is 24.2. The third-order valence-electron chi connectivity index (χ3n) is 17.9. The van der Waals surface area contributed by atoms with E-state index in [2.05, 4.69) is 59.6 Å². The van der Waals surface area contributed by atoms with Crippen LogP contribution in [0, 0.1) is 0 Å². The maximum absolute atomic E-state index is 12.4. The van der Waals surface area contributed by atoms with Crippen molar-refractivity contribution in [1.29, 1.82) is 0 Å². The second-order valence-corrected chi connectivity index (χ2v) is 24.2. The molecule has 0 radical (unpaired) electrons. The van der Waals surface area contributed by atoms with Gasteiger partial charge in [0.25, 0.3) is 29.5 Å². The lowest BCUT2D eigenvalue weighted by molar-refractivity contribution is -0.198. The Balaban J connectivity index is 0.000000144. The maximum atomic E-state index is 12.4. The monoisotopic (exact) mass is 1330 g/mol. The molecule has 510 valence electrons. The standard InChI is InChI=1S/C18H24N4O4.C16H21N5O4.C12H16N4O2.C9H8N2O7.C5H10O.ClH/c1-2-25-16(23)12-8-19-17(20-9-12)21-10-14-7-13(21)11-22(14)18(24)26-15-5-3-4-6-15;22-14(19-24)10-6-17-15(18-7-10)20-8-12-5-11(20)9-21(12)16(23)25-13-3-1-2-4-13;1-2-18-11(17)8-4-14-12(15-5-8)16-7-9-3-10(16)6-13-9;12-5-1-2-6(13)10(5)17-9(16)18-11-7(14)3-4-8(11)15;6-5-3-1-2-4-5;/h8-9,13-15H,2-7,10-11H2,1H3;6-7,11-13,24H,1-5,8-9H2,(H,19,22);4-5,9-10,13H,2-3,6-7H2,1H3;1-4H2;5-6H,1-4H2;1H/t13-,14-;11-,12-;9-,10-;;;/m000.../s1. The highest BCUT2D eigenvalue weighted by Crippen LogP contribution is 2.36. The summed E-state index contributed by atoms with van der Waals surface area (Å²) in [7, 11) is 0. The highest BCUT2D eigenvalue weighted by atomic mass is 35.5. The summed E-state index contributed by atoms with van der Waals surface area (Å²) in [5, 5.41) is 21.3. The summed E-state index contributed by atoms with van der Waals surface area (Å²) in [5.41, 5.74) is 2.50. The molecule has 0 aromatic carbocycles. The van der Waals surface area contributed by atoms with Gasteiger partial charge in [-0.1, -0.05) is 23.0 Å². The van der Waals surface area contributed by atoms with E-state index < -0.39 is 41.7 Å². The van der Waals surface area contributed by atoms with E-state index in [0.717, 1.165) is 96.6 Å². The van der Waals surface area contributed by atoms with Crippen LogP contribution in [0.25, 0.3) is 0 Å². The van der Waals surface area contributed by atoms with Crippen LogP contribution in [0.5, 0.6) is 0 Å². The molecule has 6 bridgehead atoms. The topological polar surface area (TPSA) is 391 Å². The number of esters is 2. The Morgan fingerprint density at radius 1 is 0.511 bits per heavy atom. The van der Waals surface area contributed by atoms with Crippen molar-refractivity contribution in [1.82, 2.24) is 60.6 Å². The molecule has 3 saturated carbocycles. The van der Waals surface area contributed by atoms with Crippen LogP contribution in [0.15, 0.2) is 37.2 Å². The van der Waals surface area contributed by atoms with Crippen LogP contribution >= 0.6 is 12.4 Å². The summed E-state index contributed by atoms with van der Waals surface area (Å²) in [4.78, 5) is 159. The molecule has 34 heteroatoms. The van der Waals surface area contributed by atoms with Gasteiger partial charge in [-0.05, 0) is 97.3 Å². The molecule has 3 aromatic rings. The minimum absolute atomic E-state index is 0. The Hall–Kier alpha value is -8.69. The van der Waals surface area contributed by atoms with Gasteiger partial charge in [-0.3, -0.25) is 38.9 Å². The van der Waals surface area contributed by atoms with Crippen LogP contribution in [-0.4, -0.2) is 227 Å². The van der Waals surface area contributed by atoms with Crippen molar-refractivity contribution < 1.29 is 86.9 Å². The van der Waals surface area contributed by atoms with Crippen molar-refractivity contribution in [3.05, 3.63) is 53.9 Å². The zero-order valence-electron chi connectivity index (χ0n) is 52.4. The first-order valence-corrected chi connectivity index (χ1v) is 32.0. The van der Waals surface area contributed by atoms with Crippen LogP contribution in [0.3, 0.4) is 0 Å². The number of carbonyl (C=O) groups excluding carboxylic acids is 10. The number of amides is 7. The number of hydrogen-bond donors (Lipinski definition) is 4. The molecule has 11 aliphatic rings. The number of anilines is 3. The molecule has 8 aliphatic heterocycles. The molecule has 7 amide bonds. The fourth-order valence-electron chi connectivity index (χ4n) is 13.1. The number of nitrogens with one attached hydrogen (secondary N) is 2. The highest BCUT2D eigenvalue weighted by Gasteiger charge is 2.49. The molecule has 14 rings (SSSR count). The van der Waals surface area contributed by atoms with Gasteiger partial charge in [0.05, 0.1) is 60.2 Å². The quantitative estimate of drug-likeness (QED) is 0.0659. The summed E-state index contributed by atoms with van der Waals surface area (Å²) in [5.74, 6) is -2.33. The predicted octanol–water partition coefficient (Wildman–Crippen LogP) is 3.75. The van der Waals surface area contributed by atoms with E-state index >= 15 is 0 Å². The van der Waals surface area contributed by atoms with Crippen LogP contribution in [-0.2, 0) is 47.8 Å². The summed E-state index contributed by atoms with van der Waals surface area (Å²) >= 11 is 0. The molecular weight excluding hydrogens is 1250 g/mol. The number of fused-ring (bicyclic) bond motifs is 6. The van der Waals surface area contributed by atoms with E-state index in [0.29, 0.717) is 80.4 Å². The smallest absolute Gasteiger partial charge is 0.462 e. The Morgan fingerprint density at radius 3 is 1.19 bits per heavy atom. The number of hydrogen-bond acceptors (Lipinski definition) is 28. The molecule has 94 heavy (non-hydrogen) atoms. The molecule has 3 aliphatic carbocycles. The van der Waals surface area contributed by atoms with Crippen LogP contribution < -0.4 is 25.5 Å². The number of piperazine rings is 3. The summed E-state index contributed by atoms with van der Waals surface area (Å²) in [6, 6.07) is 1.67. The van der Waals surface area contributed by atoms with Crippen molar-refractivity contribution in [3.63, 3.8) is 0 Å². The molecule has 4 N–H and O–H groups in total. The number of imide groups is 2. The lowest BCUT2D eigenvalue weighted by Gasteiger charge is -2.34. The molecule has 0 unspecified atom stereocenters. The zero-order chi connectivity index (χ0) is 65.7. The number of rotatable bonds is 12. The predicted molar refractivity (Wildman–Crippen MR) is 326 cm³/mol. The average Bonchev–Trinajstić information content (AvgIpc) is 1.63. The van der Waals surface area contributed by atoms with Gasteiger partial charge in [0.15, 0.2) is 0 Å². The van der Waals surface area contributed by atoms with Crippen LogP contribution in [0.4, 0.5) is 32.2 Å². The first kappa shape index (κ1) is 69.6. The summed E-state index contributed by atoms with van der Waals surface area (Å²) < 4.78 is 21.1. The molecule has 3 aromatic heterocycles. The van der Waals surface area contributed by atoms with Crippen molar-refractivity contribution >= 4 is 90.1 Å². The van der Waals surface area contributed by atoms with Gasteiger partial charge in [-0.25, -0.2) is 54.6 Å². The number of carbonyl (C=O) groups is 10. The third kappa shape index (κ3) is 17.2. The molecule has 0 spiro atoms. The molecule has 33 nitrogen and oxygen atoms in total. The van der Waals surface area contributed by atoms with Gasteiger partial charge in [-0.15, -0.1) is 12.4 Å². The van der Waals surface area contributed by atoms with Gasteiger partial charge in [0, 0.05) is 114 Å². The Bertz CT molecular complexity index is 3110. The number of nitrogens with zero attached hydrogens (tertiary/aromatic N) is 13. The maximum Gasteiger partial charge on any atom is 0.560 e. The van der Waals surface area contributed by atoms with E-state index in [-0.39, 0.29) is 114 Å². The fourth-order valence-corrected chi connectivity index (χ4v) is 13.1. The number of aliphatic hydroxyl groups excluding tert-OH is 1. The van der Waals surface area contributed by atoms with Crippen molar-refractivity contribution in [3.8, 4) is 0 Å². The van der Waals surface area contributed by atoms with Gasteiger partial charge < -0.3 is 53.9 Å². The summed E-state index contributed by atoms with van der Waals surface area (Å²) in [6.07, 6.45) is 22.9. The number of aliphatic hydroxyl groups is 1. The number of likely N-dealkylation sites (tertiary alicyclic amines) is 2. The molecule has 11 heterocycles.